The molecule has 3 aromatic rings. The first-order valence-corrected chi connectivity index (χ1v) is 9.52. The Kier molecular flexibility index (Phi) is 8.90. The summed E-state index contributed by atoms with van der Waals surface area (Å²) in [7, 11) is 3.05. The van der Waals surface area contributed by atoms with Crippen molar-refractivity contribution >= 4 is 29.9 Å². The Balaban J connectivity index is 0.00000341. The zero-order valence-electron chi connectivity index (χ0n) is 17.2. The Hall–Kier alpha value is -2.56. The minimum Gasteiger partial charge on any atom is -0.355 e. The van der Waals surface area contributed by atoms with Gasteiger partial charge in [0.1, 0.15) is 0 Å². The third kappa shape index (κ3) is 6.71. The van der Waals surface area contributed by atoms with Crippen LogP contribution in [0, 0.1) is 0 Å². The zero-order chi connectivity index (χ0) is 21.6. The predicted octanol–water partition coefficient (Wildman–Crippen LogP) is 4.55. The number of guanidine groups is 1. The normalized spacial score (nSPS) is 11.9. The molecule has 1 aromatic heterocycles. The summed E-state index contributed by atoms with van der Waals surface area (Å²) in [5.74, 6) is 0.485. The number of nitrogens with zero attached hydrogens (tertiary/aromatic N) is 3. The van der Waals surface area contributed by atoms with Gasteiger partial charge in [0.15, 0.2) is 11.7 Å². The third-order valence-corrected chi connectivity index (χ3v) is 4.72. The summed E-state index contributed by atoms with van der Waals surface area (Å²) in [4.78, 5) is 4.15. The van der Waals surface area contributed by atoms with Crippen molar-refractivity contribution in [1.29, 1.82) is 0 Å². The third-order valence-electron chi connectivity index (χ3n) is 4.72. The van der Waals surface area contributed by atoms with Gasteiger partial charge in [-0.25, -0.2) is 0 Å². The standard InChI is InChI=1S/C22H24F3N5.HI/c1-26-21(27-13-18-15-30(2)29-20(18)22(23,24)25)28-14-19(16-9-5-3-6-10-16)17-11-7-4-8-12-17;/h3-12,15,19H,13-14H2,1-2H3,(H2,26,27,28);1H. The van der Waals surface area contributed by atoms with E-state index >= 15 is 0 Å². The lowest BCUT2D eigenvalue weighted by Gasteiger charge is -2.20. The van der Waals surface area contributed by atoms with Gasteiger partial charge in [-0.1, -0.05) is 60.7 Å². The van der Waals surface area contributed by atoms with E-state index in [0.717, 1.165) is 15.8 Å². The highest BCUT2D eigenvalue weighted by Crippen LogP contribution is 2.30. The van der Waals surface area contributed by atoms with E-state index in [-0.39, 0.29) is 42.0 Å². The van der Waals surface area contributed by atoms with Gasteiger partial charge in [0.25, 0.3) is 0 Å². The van der Waals surface area contributed by atoms with E-state index in [1.54, 1.807) is 7.05 Å². The van der Waals surface area contributed by atoms with Crippen LogP contribution >= 0.6 is 24.0 Å². The molecule has 0 unspecified atom stereocenters. The smallest absolute Gasteiger partial charge is 0.355 e. The van der Waals surface area contributed by atoms with E-state index in [4.69, 9.17) is 0 Å². The van der Waals surface area contributed by atoms with E-state index in [1.165, 1.54) is 13.2 Å². The molecule has 166 valence electrons. The molecule has 0 bridgehead atoms. The Bertz CT molecular complexity index is 932. The lowest BCUT2D eigenvalue weighted by molar-refractivity contribution is -0.142. The molecule has 9 heteroatoms. The molecule has 0 saturated heterocycles. The van der Waals surface area contributed by atoms with Crippen LogP contribution in [-0.4, -0.2) is 29.3 Å². The SMILES string of the molecule is CN=C(NCc1cn(C)nc1C(F)(F)F)NCC(c1ccccc1)c1ccccc1.I. The highest BCUT2D eigenvalue weighted by Gasteiger charge is 2.36. The van der Waals surface area contributed by atoms with Crippen molar-refractivity contribution in [3.05, 3.63) is 89.2 Å². The number of alkyl halides is 3. The first kappa shape index (κ1) is 24.7. The molecule has 0 fully saturated rings. The molecule has 0 aliphatic heterocycles. The van der Waals surface area contributed by atoms with Crippen LogP contribution in [0.1, 0.15) is 28.3 Å². The van der Waals surface area contributed by atoms with E-state index < -0.39 is 11.9 Å². The number of hydrogen-bond donors (Lipinski definition) is 2. The molecule has 0 radical (unpaired) electrons. The second kappa shape index (κ2) is 11.2. The van der Waals surface area contributed by atoms with Gasteiger partial charge < -0.3 is 10.6 Å². The quantitative estimate of drug-likeness (QED) is 0.273. The summed E-state index contributed by atoms with van der Waals surface area (Å²) in [5.41, 5.74) is 1.45. The molecule has 2 N–H and O–H groups in total. The maximum Gasteiger partial charge on any atom is 0.435 e. The van der Waals surface area contributed by atoms with Gasteiger partial charge in [0.2, 0.25) is 0 Å². The van der Waals surface area contributed by atoms with Crippen LogP contribution in [0.2, 0.25) is 0 Å². The second-order valence-electron chi connectivity index (χ2n) is 6.85. The molecule has 0 saturated carbocycles. The van der Waals surface area contributed by atoms with Gasteiger partial charge in [-0.05, 0) is 11.1 Å². The summed E-state index contributed by atoms with van der Waals surface area (Å²) >= 11 is 0. The van der Waals surface area contributed by atoms with Gasteiger partial charge in [0, 0.05) is 44.9 Å². The molecule has 2 aromatic carbocycles. The van der Waals surface area contributed by atoms with Crippen molar-refractivity contribution in [2.75, 3.05) is 13.6 Å². The molecule has 0 aliphatic carbocycles. The molecule has 0 atom stereocenters. The maximum atomic E-state index is 13.1. The molecule has 3 rings (SSSR count). The second-order valence-corrected chi connectivity index (χ2v) is 6.85. The fourth-order valence-corrected chi connectivity index (χ4v) is 3.30. The van der Waals surface area contributed by atoms with Crippen molar-refractivity contribution < 1.29 is 13.2 Å². The van der Waals surface area contributed by atoms with Crippen LogP contribution in [0.25, 0.3) is 0 Å². The molecule has 0 aliphatic rings. The van der Waals surface area contributed by atoms with Gasteiger partial charge in [-0.15, -0.1) is 24.0 Å². The van der Waals surface area contributed by atoms with Crippen LogP contribution in [0.4, 0.5) is 13.2 Å². The van der Waals surface area contributed by atoms with Crippen molar-refractivity contribution in [2.24, 2.45) is 12.0 Å². The fourth-order valence-electron chi connectivity index (χ4n) is 3.30. The van der Waals surface area contributed by atoms with E-state index in [1.807, 2.05) is 36.4 Å². The Morgan fingerprint density at radius 2 is 1.55 bits per heavy atom. The van der Waals surface area contributed by atoms with Crippen LogP contribution in [0.5, 0.6) is 0 Å². The Morgan fingerprint density at radius 1 is 1.00 bits per heavy atom. The number of rotatable bonds is 6. The van der Waals surface area contributed by atoms with Gasteiger partial charge in [-0.2, -0.15) is 18.3 Å². The van der Waals surface area contributed by atoms with Crippen LogP contribution in [-0.2, 0) is 19.8 Å². The van der Waals surface area contributed by atoms with Crippen molar-refractivity contribution in [3.8, 4) is 0 Å². The molecular formula is C22H25F3IN5. The van der Waals surface area contributed by atoms with Crippen molar-refractivity contribution in [2.45, 2.75) is 18.6 Å². The maximum absolute atomic E-state index is 13.1. The minimum atomic E-state index is -4.50. The van der Waals surface area contributed by atoms with E-state index in [0.29, 0.717) is 12.5 Å². The molecule has 5 nitrogen and oxygen atoms in total. The molecule has 1 heterocycles. The highest BCUT2D eigenvalue weighted by molar-refractivity contribution is 14.0. The van der Waals surface area contributed by atoms with E-state index in [2.05, 4.69) is 45.0 Å². The summed E-state index contributed by atoms with van der Waals surface area (Å²) in [6.07, 6.45) is -3.14. The molecule has 0 amide bonds. The monoisotopic (exact) mass is 543 g/mol. The molecular weight excluding hydrogens is 518 g/mol. The first-order valence-electron chi connectivity index (χ1n) is 9.52. The minimum absolute atomic E-state index is 0. The van der Waals surface area contributed by atoms with Gasteiger partial charge in [0.05, 0.1) is 0 Å². The number of halogens is 4. The molecule has 0 spiro atoms. The number of benzene rings is 2. The van der Waals surface area contributed by atoms with E-state index in [9.17, 15) is 13.2 Å². The average molecular weight is 543 g/mol. The number of nitrogens with one attached hydrogen (secondary N) is 2. The van der Waals surface area contributed by atoms with Crippen LogP contribution in [0.3, 0.4) is 0 Å². The Morgan fingerprint density at radius 3 is 2.03 bits per heavy atom. The molecule has 31 heavy (non-hydrogen) atoms. The lowest BCUT2D eigenvalue weighted by Crippen LogP contribution is -2.39. The lowest BCUT2D eigenvalue weighted by atomic mass is 9.91. The first-order chi connectivity index (χ1) is 14.4. The van der Waals surface area contributed by atoms with Gasteiger partial charge in [-0.3, -0.25) is 9.67 Å². The summed E-state index contributed by atoms with van der Waals surface area (Å²) in [6.45, 7) is 0.497. The highest BCUT2D eigenvalue weighted by atomic mass is 127. The Labute approximate surface area is 196 Å². The zero-order valence-corrected chi connectivity index (χ0v) is 19.6. The number of aliphatic imine (C=N–C) groups is 1. The van der Waals surface area contributed by atoms with Crippen LogP contribution in [0.15, 0.2) is 71.9 Å². The predicted molar refractivity (Wildman–Crippen MR) is 127 cm³/mol. The number of aromatic nitrogens is 2. The van der Waals surface area contributed by atoms with Gasteiger partial charge >= 0.3 is 6.18 Å². The fraction of sp³-hybridized carbons (Fsp3) is 0.273. The number of hydrogen-bond acceptors (Lipinski definition) is 2. The number of aryl methyl sites for hydroxylation is 1. The summed E-state index contributed by atoms with van der Waals surface area (Å²) < 4.78 is 40.6. The largest absolute Gasteiger partial charge is 0.435 e. The van der Waals surface area contributed by atoms with Crippen molar-refractivity contribution in [3.63, 3.8) is 0 Å². The van der Waals surface area contributed by atoms with Crippen molar-refractivity contribution in [1.82, 2.24) is 20.4 Å². The summed E-state index contributed by atoms with van der Waals surface area (Å²) in [6, 6.07) is 20.1. The van der Waals surface area contributed by atoms with Crippen LogP contribution < -0.4 is 10.6 Å². The summed E-state index contributed by atoms with van der Waals surface area (Å²) in [5, 5.41) is 9.72. The average Bonchev–Trinajstić information content (AvgIpc) is 3.13. The topological polar surface area (TPSA) is 54.2 Å².